The van der Waals surface area contributed by atoms with E-state index in [1.807, 2.05) is 0 Å². The van der Waals surface area contributed by atoms with E-state index < -0.39 is 11.9 Å². The highest BCUT2D eigenvalue weighted by Gasteiger charge is 2.26. The molecule has 0 spiro atoms. The molecule has 5 N–H and O–H groups in total. The molecule has 1 aromatic rings. The lowest BCUT2D eigenvalue weighted by Gasteiger charge is -2.26. The normalized spacial score (nSPS) is 17.2. The van der Waals surface area contributed by atoms with Crippen LogP contribution in [0, 0.1) is 5.92 Å². The summed E-state index contributed by atoms with van der Waals surface area (Å²) in [6.45, 7) is 1.25. The third-order valence-electron chi connectivity index (χ3n) is 3.58. The van der Waals surface area contributed by atoms with Crippen LogP contribution in [0.15, 0.2) is 18.2 Å². The van der Waals surface area contributed by atoms with Crippen LogP contribution >= 0.6 is 11.6 Å². The van der Waals surface area contributed by atoms with Crippen LogP contribution in [0.5, 0.6) is 0 Å². The Morgan fingerprint density at radius 2 is 2.00 bits per heavy atom. The van der Waals surface area contributed by atoms with Gasteiger partial charge < -0.3 is 21.5 Å². The lowest BCUT2D eigenvalue weighted by Crippen LogP contribution is -2.44. The molecule has 6 nitrogen and oxygen atoms in total. The maximum absolute atomic E-state index is 12.2. The van der Waals surface area contributed by atoms with Crippen molar-refractivity contribution in [1.82, 2.24) is 0 Å². The van der Waals surface area contributed by atoms with Crippen LogP contribution in [-0.4, -0.2) is 31.1 Å². The number of hydrogen-bond acceptors (Lipinski definition) is 4. The number of anilines is 1. The number of amides is 2. The smallest absolute Gasteiger partial charge is 0.250 e. The van der Waals surface area contributed by atoms with Crippen molar-refractivity contribution in [2.24, 2.45) is 17.4 Å². The minimum atomic E-state index is -0.648. The molecule has 1 aliphatic rings. The van der Waals surface area contributed by atoms with Gasteiger partial charge in [-0.25, -0.2) is 0 Å². The molecular formula is C14H18ClN3O3. The van der Waals surface area contributed by atoms with Crippen molar-refractivity contribution in [2.75, 3.05) is 18.5 Å². The number of ether oxygens (including phenoxy) is 1. The number of nitrogens with one attached hydrogen (secondary N) is 1. The molecule has 1 saturated heterocycles. The van der Waals surface area contributed by atoms with Crippen molar-refractivity contribution in [2.45, 2.75) is 18.9 Å². The van der Waals surface area contributed by atoms with Crippen molar-refractivity contribution < 1.29 is 14.3 Å². The van der Waals surface area contributed by atoms with E-state index >= 15 is 0 Å². The van der Waals surface area contributed by atoms with Gasteiger partial charge >= 0.3 is 0 Å². The van der Waals surface area contributed by atoms with Crippen LogP contribution in [0.4, 0.5) is 5.69 Å². The highest BCUT2D eigenvalue weighted by molar-refractivity contribution is 6.34. The first kappa shape index (κ1) is 15.8. The van der Waals surface area contributed by atoms with E-state index in [1.54, 1.807) is 6.07 Å². The fourth-order valence-corrected chi connectivity index (χ4v) is 2.52. The molecule has 1 unspecified atom stereocenters. The summed E-state index contributed by atoms with van der Waals surface area (Å²) in [5.41, 5.74) is 11.8. The number of primary amides is 1. The lowest BCUT2D eigenvalue weighted by atomic mass is 9.92. The van der Waals surface area contributed by atoms with Crippen LogP contribution in [0.2, 0.25) is 5.02 Å². The highest BCUT2D eigenvalue weighted by atomic mass is 35.5. The minimum Gasteiger partial charge on any atom is -0.381 e. The Morgan fingerprint density at radius 1 is 1.33 bits per heavy atom. The van der Waals surface area contributed by atoms with Crippen LogP contribution in [0.1, 0.15) is 23.2 Å². The minimum absolute atomic E-state index is 0.0988. The van der Waals surface area contributed by atoms with Gasteiger partial charge in [-0.05, 0) is 37.0 Å². The summed E-state index contributed by atoms with van der Waals surface area (Å²) >= 11 is 5.86. The Balaban J connectivity index is 2.05. The van der Waals surface area contributed by atoms with E-state index in [0.717, 1.165) is 12.8 Å². The van der Waals surface area contributed by atoms with Gasteiger partial charge in [-0.15, -0.1) is 0 Å². The van der Waals surface area contributed by atoms with Gasteiger partial charge in [0.2, 0.25) is 11.8 Å². The monoisotopic (exact) mass is 311 g/mol. The van der Waals surface area contributed by atoms with Gasteiger partial charge in [0.05, 0.1) is 16.6 Å². The van der Waals surface area contributed by atoms with Gasteiger partial charge in [0, 0.05) is 18.9 Å². The molecule has 0 saturated carbocycles. The summed E-state index contributed by atoms with van der Waals surface area (Å²) in [7, 11) is 0. The van der Waals surface area contributed by atoms with Gasteiger partial charge in [0.25, 0.3) is 0 Å². The Kier molecular flexibility index (Phi) is 5.17. The van der Waals surface area contributed by atoms with E-state index in [1.165, 1.54) is 12.1 Å². The molecule has 0 radical (unpaired) electrons. The number of benzene rings is 1. The van der Waals surface area contributed by atoms with Crippen LogP contribution in [0.3, 0.4) is 0 Å². The number of hydrogen-bond donors (Lipinski definition) is 3. The Labute approximate surface area is 127 Å². The number of halogens is 1. The van der Waals surface area contributed by atoms with Crippen LogP contribution in [0.25, 0.3) is 0 Å². The first-order valence-electron chi connectivity index (χ1n) is 6.72. The van der Waals surface area contributed by atoms with Gasteiger partial charge in [-0.3, -0.25) is 9.59 Å². The maximum atomic E-state index is 12.2. The second-order valence-electron chi connectivity index (χ2n) is 5.02. The molecule has 1 aromatic carbocycles. The number of nitrogens with two attached hydrogens (primary N) is 2. The summed E-state index contributed by atoms with van der Waals surface area (Å²) < 4.78 is 5.25. The van der Waals surface area contributed by atoms with Gasteiger partial charge in [0.1, 0.15) is 0 Å². The number of carbonyl (C=O) groups excluding carboxylic acids is 2. The maximum Gasteiger partial charge on any atom is 0.250 e. The zero-order valence-electron chi connectivity index (χ0n) is 11.5. The van der Waals surface area contributed by atoms with Crippen LogP contribution in [-0.2, 0) is 9.53 Å². The third kappa shape index (κ3) is 3.93. The van der Waals surface area contributed by atoms with Crippen molar-refractivity contribution in [3.8, 4) is 0 Å². The molecule has 0 bridgehead atoms. The topological polar surface area (TPSA) is 107 Å². The summed E-state index contributed by atoms with van der Waals surface area (Å²) in [6.07, 6.45) is 1.53. The molecule has 1 fully saturated rings. The highest BCUT2D eigenvalue weighted by Crippen LogP contribution is 2.22. The summed E-state index contributed by atoms with van der Waals surface area (Å²) in [6, 6.07) is 3.95. The molecule has 114 valence electrons. The quantitative estimate of drug-likeness (QED) is 0.774. The van der Waals surface area contributed by atoms with Gasteiger partial charge in [0.15, 0.2) is 0 Å². The zero-order chi connectivity index (χ0) is 15.4. The number of carbonyl (C=O) groups is 2. The zero-order valence-corrected chi connectivity index (χ0v) is 12.2. The molecule has 1 heterocycles. The Morgan fingerprint density at radius 3 is 2.62 bits per heavy atom. The second kappa shape index (κ2) is 6.89. The average molecular weight is 312 g/mol. The predicted octanol–water partition coefficient (Wildman–Crippen LogP) is 1.13. The lowest BCUT2D eigenvalue weighted by molar-refractivity contribution is -0.119. The molecule has 1 aliphatic heterocycles. The summed E-state index contributed by atoms with van der Waals surface area (Å²) in [5, 5.41) is 2.93. The fraction of sp³-hybridized carbons (Fsp3) is 0.429. The molecule has 21 heavy (non-hydrogen) atoms. The molecule has 2 amide bonds. The van der Waals surface area contributed by atoms with Crippen molar-refractivity contribution in [3.05, 3.63) is 28.8 Å². The van der Waals surface area contributed by atoms with E-state index in [9.17, 15) is 9.59 Å². The third-order valence-corrected chi connectivity index (χ3v) is 3.91. The molecule has 7 heteroatoms. The standard InChI is InChI=1S/C14H18ClN3O3/c15-11-2-1-9(7-10(11)13(17)19)18-14(20)12(16)8-3-5-21-6-4-8/h1-2,7-8,12H,3-6,16H2,(H2,17,19)(H,18,20). The first-order chi connectivity index (χ1) is 9.99. The molecule has 0 aliphatic carbocycles. The van der Waals surface area contributed by atoms with Gasteiger partial charge in [-0.2, -0.15) is 0 Å². The SMILES string of the molecule is NC(=O)c1cc(NC(=O)C(N)C2CCOCC2)ccc1Cl. The Hall–Kier alpha value is -1.63. The van der Waals surface area contributed by atoms with Gasteiger partial charge in [-0.1, -0.05) is 11.6 Å². The van der Waals surface area contributed by atoms with Crippen molar-refractivity contribution in [1.29, 1.82) is 0 Å². The summed E-state index contributed by atoms with van der Waals surface area (Å²) in [5.74, 6) is -0.842. The van der Waals surface area contributed by atoms with Crippen molar-refractivity contribution >= 4 is 29.1 Å². The molecule has 0 aromatic heterocycles. The van der Waals surface area contributed by atoms with E-state index in [-0.39, 0.29) is 22.4 Å². The first-order valence-corrected chi connectivity index (χ1v) is 7.10. The molecule has 2 rings (SSSR count). The molecule has 1 atom stereocenters. The predicted molar refractivity (Wildman–Crippen MR) is 80.1 cm³/mol. The number of rotatable bonds is 4. The van der Waals surface area contributed by atoms with Crippen molar-refractivity contribution in [3.63, 3.8) is 0 Å². The fourth-order valence-electron chi connectivity index (χ4n) is 2.31. The average Bonchev–Trinajstić information content (AvgIpc) is 2.49. The molecular weight excluding hydrogens is 294 g/mol. The van der Waals surface area contributed by atoms with E-state index in [0.29, 0.717) is 18.9 Å². The van der Waals surface area contributed by atoms with Crippen LogP contribution < -0.4 is 16.8 Å². The largest absolute Gasteiger partial charge is 0.381 e. The van der Waals surface area contributed by atoms with E-state index in [4.69, 9.17) is 27.8 Å². The van der Waals surface area contributed by atoms with E-state index in [2.05, 4.69) is 5.32 Å². The second-order valence-corrected chi connectivity index (χ2v) is 5.43. The Bertz CT molecular complexity index is 544. The summed E-state index contributed by atoms with van der Waals surface area (Å²) in [4.78, 5) is 23.4.